The minimum Gasteiger partial charge on any atom is -0.258 e. The van der Waals surface area contributed by atoms with Crippen molar-refractivity contribution < 1.29 is 4.92 Å². The molecule has 0 unspecified atom stereocenters. The van der Waals surface area contributed by atoms with E-state index in [1.165, 1.54) is 0 Å². The van der Waals surface area contributed by atoms with Crippen molar-refractivity contribution in [1.29, 1.82) is 0 Å². The molecule has 0 aliphatic carbocycles. The molecule has 18 heavy (non-hydrogen) atoms. The van der Waals surface area contributed by atoms with Crippen LogP contribution in [0, 0.1) is 17.0 Å². The van der Waals surface area contributed by atoms with E-state index in [9.17, 15) is 10.1 Å². The first-order valence-corrected chi connectivity index (χ1v) is 5.74. The van der Waals surface area contributed by atoms with Gasteiger partial charge in [0.25, 0.3) is 5.69 Å². The number of nitro benzene ring substituents is 1. The molecule has 0 amide bonds. The summed E-state index contributed by atoms with van der Waals surface area (Å²) >= 11 is 0. The molecule has 0 aromatic heterocycles. The van der Waals surface area contributed by atoms with Crippen molar-refractivity contribution in [3.05, 3.63) is 64.2 Å². The van der Waals surface area contributed by atoms with Crippen LogP contribution in [0.2, 0.25) is 0 Å². The first-order chi connectivity index (χ1) is 8.70. The molecule has 0 bridgehead atoms. The van der Waals surface area contributed by atoms with Crippen LogP contribution in [0.1, 0.15) is 5.56 Å². The maximum atomic E-state index is 11.3. The van der Waals surface area contributed by atoms with Gasteiger partial charge in [-0.05, 0) is 29.1 Å². The molecule has 0 radical (unpaired) electrons. The van der Waals surface area contributed by atoms with Gasteiger partial charge >= 0.3 is 0 Å². The molecule has 0 atom stereocenters. The maximum absolute atomic E-state index is 11.3. The molecule has 88 valence electrons. The Morgan fingerprint density at radius 3 is 1.83 bits per heavy atom. The van der Waals surface area contributed by atoms with Gasteiger partial charge in [0.05, 0.1) is 10.3 Å². The number of fused-ring (bicyclic) bond motifs is 3. The second-order valence-electron chi connectivity index (χ2n) is 4.32. The van der Waals surface area contributed by atoms with Crippen LogP contribution in [0.25, 0.3) is 21.5 Å². The minimum absolute atomic E-state index is 0.212. The maximum Gasteiger partial charge on any atom is 0.280 e. The Bertz CT molecular complexity index is 778. The van der Waals surface area contributed by atoms with Crippen molar-refractivity contribution in [3.8, 4) is 0 Å². The van der Waals surface area contributed by atoms with E-state index < -0.39 is 0 Å². The highest BCUT2D eigenvalue weighted by molar-refractivity contribution is 6.13. The van der Waals surface area contributed by atoms with Crippen molar-refractivity contribution in [2.75, 3.05) is 0 Å². The molecule has 0 saturated heterocycles. The van der Waals surface area contributed by atoms with Gasteiger partial charge in [-0.15, -0.1) is 0 Å². The molecule has 3 heteroatoms. The summed E-state index contributed by atoms with van der Waals surface area (Å²) in [6, 6.07) is 15.3. The Balaban J connectivity index is 2.66. The molecule has 3 rings (SSSR count). The average Bonchev–Trinajstić information content (AvgIpc) is 2.39. The quantitative estimate of drug-likeness (QED) is 0.361. The smallest absolute Gasteiger partial charge is 0.258 e. The lowest BCUT2D eigenvalue weighted by molar-refractivity contribution is -0.383. The number of hydrogen-bond acceptors (Lipinski definition) is 2. The fourth-order valence-electron chi connectivity index (χ4n) is 2.53. The van der Waals surface area contributed by atoms with Crippen molar-refractivity contribution in [3.63, 3.8) is 0 Å². The van der Waals surface area contributed by atoms with Gasteiger partial charge in [0.15, 0.2) is 0 Å². The van der Waals surface area contributed by atoms with Crippen molar-refractivity contribution in [2.45, 2.75) is 6.92 Å². The van der Waals surface area contributed by atoms with Gasteiger partial charge in [-0.25, -0.2) is 0 Å². The summed E-state index contributed by atoms with van der Waals surface area (Å²) in [4.78, 5) is 11.0. The van der Waals surface area contributed by atoms with Gasteiger partial charge in [-0.1, -0.05) is 42.5 Å². The van der Waals surface area contributed by atoms with Gasteiger partial charge < -0.3 is 0 Å². The van der Waals surface area contributed by atoms with Gasteiger partial charge in [-0.2, -0.15) is 0 Å². The number of hydrogen-bond donors (Lipinski definition) is 0. The Hall–Kier alpha value is -2.42. The van der Waals surface area contributed by atoms with E-state index in [1.807, 2.05) is 55.5 Å². The zero-order valence-electron chi connectivity index (χ0n) is 9.88. The largest absolute Gasteiger partial charge is 0.280 e. The van der Waals surface area contributed by atoms with Crippen LogP contribution in [0.15, 0.2) is 48.5 Å². The number of nitrogens with zero attached hydrogens (tertiary/aromatic N) is 1. The number of nitro groups is 1. The van der Waals surface area contributed by atoms with Crippen molar-refractivity contribution >= 4 is 27.2 Å². The molecule has 0 spiro atoms. The Kier molecular flexibility index (Phi) is 2.27. The molecule has 0 heterocycles. The molecule has 3 aromatic carbocycles. The van der Waals surface area contributed by atoms with Gasteiger partial charge in [-0.3, -0.25) is 10.1 Å². The summed E-state index contributed by atoms with van der Waals surface area (Å²) in [5.41, 5.74) is 0.943. The standard InChI is InChI=1S/C15H11NO2/c1-10-11-6-2-3-7-12(11)13-8-4-5-9-14(13)15(10)16(17)18/h2-9H,1H3. The van der Waals surface area contributed by atoms with E-state index in [2.05, 4.69) is 0 Å². The highest BCUT2D eigenvalue weighted by Gasteiger charge is 2.19. The molecule has 0 fully saturated rings. The topological polar surface area (TPSA) is 43.1 Å². The van der Waals surface area contributed by atoms with Crippen LogP contribution < -0.4 is 0 Å². The fourth-order valence-corrected chi connectivity index (χ4v) is 2.53. The predicted molar refractivity (Wildman–Crippen MR) is 72.8 cm³/mol. The van der Waals surface area contributed by atoms with Crippen LogP contribution in [0.4, 0.5) is 5.69 Å². The molecule has 0 aliphatic heterocycles. The normalized spacial score (nSPS) is 10.9. The van der Waals surface area contributed by atoms with E-state index in [0.717, 1.165) is 21.7 Å². The zero-order chi connectivity index (χ0) is 12.7. The van der Waals surface area contributed by atoms with Crippen LogP contribution in [-0.2, 0) is 0 Å². The third-order valence-electron chi connectivity index (χ3n) is 3.34. The second-order valence-corrected chi connectivity index (χ2v) is 4.32. The van der Waals surface area contributed by atoms with Gasteiger partial charge in [0, 0.05) is 5.56 Å². The third kappa shape index (κ3) is 1.37. The predicted octanol–water partition coefficient (Wildman–Crippen LogP) is 4.21. The zero-order valence-corrected chi connectivity index (χ0v) is 9.88. The van der Waals surface area contributed by atoms with E-state index in [0.29, 0.717) is 5.39 Å². The van der Waals surface area contributed by atoms with Crippen LogP contribution in [0.5, 0.6) is 0 Å². The van der Waals surface area contributed by atoms with E-state index in [4.69, 9.17) is 0 Å². The number of benzene rings is 3. The number of aryl methyl sites for hydroxylation is 1. The highest BCUT2D eigenvalue weighted by Crippen LogP contribution is 2.36. The lowest BCUT2D eigenvalue weighted by Gasteiger charge is -2.08. The molecular formula is C15H11NO2. The minimum atomic E-state index is -0.288. The Morgan fingerprint density at radius 2 is 1.28 bits per heavy atom. The summed E-state index contributed by atoms with van der Waals surface area (Å²) in [5.74, 6) is 0. The first kappa shape index (κ1) is 10.7. The lowest BCUT2D eigenvalue weighted by atomic mass is 9.96. The third-order valence-corrected chi connectivity index (χ3v) is 3.34. The molecule has 3 aromatic rings. The summed E-state index contributed by atoms with van der Waals surface area (Å²) < 4.78 is 0. The molecule has 0 saturated carbocycles. The molecule has 0 N–H and O–H groups in total. The van der Waals surface area contributed by atoms with Crippen molar-refractivity contribution in [1.82, 2.24) is 0 Å². The summed E-state index contributed by atoms with van der Waals surface area (Å²) in [6.07, 6.45) is 0. The molecular weight excluding hydrogens is 226 g/mol. The highest BCUT2D eigenvalue weighted by atomic mass is 16.6. The van der Waals surface area contributed by atoms with Crippen LogP contribution >= 0.6 is 0 Å². The summed E-state index contributed by atoms with van der Waals surface area (Å²) in [6.45, 7) is 1.81. The SMILES string of the molecule is Cc1c([N+](=O)[O-])c2ccccc2c2ccccc12. The number of rotatable bonds is 1. The van der Waals surface area contributed by atoms with Crippen LogP contribution in [-0.4, -0.2) is 4.92 Å². The fraction of sp³-hybridized carbons (Fsp3) is 0.0667. The lowest BCUT2D eigenvalue weighted by Crippen LogP contribution is -1.94. The van der Waals surface area contributed by atoms with E-state index >= 15 is 0 Å². The molecule has 0 aliphatic rings. The molecule has 3 nitrogen and oxygen atoms in total. The summed E-state index contributed by atoms with van der Waals surface area (Å²) in [7, 11) is 0. The first-order valence-electron chi connectivity index (χ1n) is 5.74. The van der Waals surface area contributed by atoms with Crippen LogP contribution in [0.3, 0.4) is 0 Å². The van der Waals surface area contributed by atoms with Crippen molar-refractivity contribution in [2.24, 2.45) is 0 Å². The monoisotopic (exact) mass is 237 g/mol. The Labute approximate surface area is 104 Å². The summed E-state index contributed by atoms with van der Waals surface area (Å²) in [5, 5.41) is 14.9. The van der Waals surface area contributed by atoms with E-state index in [-0.39, 0.29) is 10.6 Å². The van der Waals surface area contributed by atoms with Gasteiger partial charge in [0.1, 0.15) is 0 Å². The second kappa shape index (κ2) is 3.81. The van der Waals surface area contributed by atoms with E-state index in [1.54, 1.807) is 0 Å². The van der Waals surface area contributed by atoms with Gasteiger partial charge in [0.2, 0.25) is 0 Å². The Morgan fingerprint density at radius 1 is 0.833 bits per heavy atom. The average molecular weight is 237 g/mol.